The van der Waals surface area contributed by atoms with Crippen LogP contribution < -0.4 is 5.32 Å². The van der Waals surface area contributed by atoms with E-state index in [0.717, 1.165) is 43.2 Å². The molecule has 104 valence electrons. The maximum absolute atomic E-state index is 4.70. The lowest BCUT2D eigenvalue weighted by atomic mass is 10.3. The first-order chi connectivity index (χ1) is 9.88. The molecule has 0 atom stereocenters. The fraction of sp³-hybridized carbons (Fsp3) is 0.357. The van der Waals surface area contributed by atoms with Crippen molar-refractivity contribution < 1.29 is 4.52 Å². The molecular formula is C14H17N5O. The summed E-state index contributed by atoms with van der Waals surface area (Å²) >= 11 is 0. The topological polar surface area (TPSA) is 68.8 Å². The SMILES string of the molecule is CCn1c(CNCCc2ncon2)nc2ccccc21. The standard InChI is InChI=1S/C14H17N5O/c1-2-19-12-6-4-3-5-11(12)17-14(19)9-15-8-7-13-16-10-20-18-13/h3-6,10,15H,2,7-9H2,1H3. The van der Waals surface area contributed by atoms with Gasteiger partial charge in [-0.05, 0) is 19.1 Å². The maximum Gasteiger partial charge on any atom is 0.213 e. The highest BCUT2D eigenvalue weighted by Gasteiger charge is 2.08. The number of fused-ring (bicyclic) bond motifs is 1. The van der Waals surface area contributed by atoms with Gasteiger partial charge in [-0.15, -0.1) is 0 Å². The molecule has 0 fully saturated rings. The van der Waals surface area contributed by atoms with Crippen molar-refractivity contribution in [2.75, 3.05) is 6.54 Å². The Labute approximate surface area is 116 Å². The van der Waals surface area contributed by atoms with E-state index in [-0.39, 0.29) is 0 Å². The number of nitrogens with one attached hydrogen (secondary N) is 1. The van der Waals surface area contributed by atoms with Crippen molar-refractivity contribution in [1.29, 1.82) is 0 Å². The van der Waals surface area contributed by atoms with Gasteiger partial charge in [0.2, 0.25) is 6.39 Å². The Bertz CT molecular complexity index is 674. The maximum atomic E-state index is 4.70. The molecular weight excluding hydrogens is 254 g/mol. The normalized spacial score (nSPS) is 11.2. The van der Waals surface area contributed by atoms with Crippen molar-refractivity contribution in [2.45, 2.75) is 26.4 Å². The van der Waals surface area contributed by atoms with Crippen molar-refractivity contribution in [3.63, 3.8) is 0 Å². The first-order valence-electron chi connectivity index (χ1n) is 6.78. The van der Waals surface area contributed by atoms with Crippen LogP contribution in [0.25, 0.3) is 11.0 Å². The monoisotopic (exact) mass is 271 g/mol. The minimum absolute atomic E-state index is 0.724. The average Bonchev–Trinajstić information content (AvgIpc) is 3.10. The second-order valence-corrected chi connectivity index (χ2v) is 4.54. The number of aryl methyl sites for hydroxylation is 1. The summed E-state index contributed by atoms with van der Waals surface area (Å²) in [5.74, 6) is 1.78. The van der Waals surface area contributed by atoms with Crippen molar-refractivity contribution in [3.8, 4) is 0 Å². The highest BCUT2D eigenvalue weighted by Crippen LogP contribution is 2.15. The number of rotatable bonds is 6. The fourth-order valence-corrected chi connectivity index (χ4v) is 2.32. The quantitative estimate of drug-likeness (QED) is 0.692. The number of imidazole rings is 1. The molecule has 0 bridgehead atoms. The Balaban J connectivity index is 1.65. The Morgan fingerprint density at radius 3 is 3.00 bits per heavy atom. The molecule has 20 heavy (non-hydrogen) atoms. The van der Waals surface area contributed by atoms with Crippen LogP contribution in [0.1, 0.15) is 18.6 Å². The Morgan fingerprint density at radius 1 is 1.30 bits per heavy atom. The van der Waals surface area contributed by atoms with Gasteiger partial charge in [0.15, 0.2) is 5.82 Å². The lowest BCUT2D eigenvalue weighted by molar-refractivity contribution is 0.409. The molecule has 0 aliphatic heterocycles. The summed E-state index contributed by atoms with van der Waals surface area (Å²) < 4.78 is 6.93. The van der Waals surface area contributed by atoms with E-state index in [4.69, 9.17) is 4.52 Å². The van der Waals surface area contributed by atoms with E-state index in [2.05, 4.69) is 38.0 Å². The number of nitrogens with zero attached hydrogens (tertiary/aromatic N) is 4. The number of hydrogen-bond acceptors (Lipinski definition) is 5. The molecule has 0 aliphatic carbocycles. The molecule has 1 aromatic carbocycles. The van der Waals surface area contributed by atoms with Gasteiger partial charge in [0.25, 0.3) is 0 Å². The minimum atomic E-state index is 0.724. The third-order valence-corrected chi connectivity index (χ3v) is 3.27. The van der Waals surface area contributed by atoms with Gasteiger partial charge in [0.1, 0.15) is 5.82 Å². The summed E-state index contributed by atoms with van der Waals surface area (Å²) in [6.45, 7) is 4.59. The molecule has 0 amide bonds. The van der Waals surface area contributed by atoms with E-state index in [1.807, 2.05) is 18.2 Å². The molecule has 3 rings (SSSR count). The summed E-state index contributed by atoms with van der Waals surface area (Å²) in [7, 11) is 0. The van der Waals surface area contributed by atoms with Crippen LogP contribution in [0.3, 0.4) is 0 Å². The van der Waals surface area contributed by atoms with Gasteiger partial charge < -0.3 is 14.4 Å². The zero-order valence-corrected chi connectivity index (χ0v) is 11.4. The molecule has 2 aromatic heterocycles. The van der Waals surface area contributed by atoms with Gasteiger partial charge in [-0.2, -0.15) is 4.98 Å². The average molecular weight is 271 g/mol. The summed E-state index contributed by atoms with van der Waals surface area (Å²) in [5, 5.41) is 7.15. The fourth-order valence-electron chi connectivity index (χ4n) is 2.32. The number of para-hydroxylation sites is 2. The molecule has 0 aliphatic rings. The summed E-state index contributed by atoms with van der Waals surface area (Å²) in [4.78, 5) is 8.66. The molecule has 0 spiro atoms. The molecule has 6 nitrogen and oxygen atoms in total. The smallest absolute Gasteiger partial charge is 0.213 e. The van der Waals surface area contributed by atoms with E-state index in [0.29, 0.717) is 0 Å². The van der Waals surface area contributed by atoms with Crippen molar-refractivity contribution in [1.82, 2.24) is 25.0 Å². The third kappa shape index (κ3) is 2.55. The van der Waals surface area contributed by atoms with Crippen molar-refractivity contribution in [2.24, 2.45) is 0 Å². The Hall–Kier alpha value is -2.21. The van der Waals surface area contributed by atoms with Crippen LogP contribution in [-0.2, 0) is 19.5 Å². The highest BCUT2D eigenvalue weighted by atomic mass is 16.5. The minimum Gasteiger partial charge on any atom is -0.343 e. The lowest BCUT2D eigenvalue weighted by Crippen LogP contribution is -2.20. The molecule has 0 radical (unpaired) electrons. The summed E-state index contributed by atoms with van der Waals surface area (Å²) in [6.07, 6.45) is 2.11. The van der Waals surface area contributed by atoms with E-state index >= 15 is 0 Å². The first-order valence-corrected chi connectivity index (χ1v) is 6.78. The zero-order chi connectivity index (χ0) is 13.8. The Kier molecular flexibility index (Phi) is 3.73. The van der Waals surface area contributed by atoms with Crippen LogP contribution in [0.4, 0.5) is 0 Å². The highest BCUT2D eigenvalue weighted by molar-refractivity contribution is 5.75. The second kappa shape index (κ2) is 5.83. The molecule has 0 unspecified atom stereocenters. The molecule has 3 aromatic rings. The van der Waals surface area contributed by atoms with Gasteiger partial charge in [0, 0.05) is 19.5 Å². The number of hydrogen-bond donors (Lipinski definition) is 1. The molecule has 0 saturated heterocycles. The van der Waals surface area contributed by atoms with Crippen LogP contribution in [-0.4, -0.2) is 26.2 Å². The number of benzene rings is 1. The van der Waals surface area contributed by atoms with Gasteiger partial charge >= 0.3 is 0 Å². The molecule has 1 N–H and O–H groups in total. The zero-order valence-electron chi connectivity index (χ0n) is 11.4. The van der Waals surface area contributed by atoms with Gasteiger partial charge in [-0.1, -0.05) is 17.3 Å². The molecule has 0 saturated carbocycles. The van der Waals surface area contributed by atoms with Crippen LogP contribution in [0.2, 0.25) is 0 Å². The van der Waals surface area contributed by atoms with Crippen LogP contribution >= 0.6 is 0 Å². The first kappa shape index (κ1) is 12.8. The van der Waals surface area contributed by atoms with Gasteiger partial charge in [-0.3, -0.25) is 0 Å². The van der Waals surface area contributed by atoms with Gasteiger partial charge in [-0.25, -0.2) is 4.98 Å². The number of aromatic nitrogens is 4. The molecule has 6 heteroatoms. The van der Waals surface area contributed by atoms with Crippen LogP contribution in [0, 0.1) is 0 Å². The Morgan fingerprint density at radius 2 is 2.20 bits per heavy atom. The largest absolute Gasteiger partial charge is 0.343 e. The van der Waals surface area contributed by atoms with E-state index in [1.54, 1.807) is 0 Å². The third-order valence-electron chi connectivity index (χ3n) is 3.27. The van der Waals surface area contributed by atoms with Crippen molar-refractivity contribution in [3.05, 3.63) is 42.3 Å². The molecule has 2 heterocycles. The lowest BCUT2D eigenvalue weighted by Gasteiger charge is -2.06. The van der Waals surface area contributed by atoms with Crippen molar-refractivity contribution >= 4 is 11.0 Å². The van der Waals surface area contributed by atoms with Crippen LogP contribution in [0.15, 0.2) is 35.2 Å². The second-order valence-electron chi connectivity index (χ2n) is 4.54. The predicted octanol–water partition coefficient (Wildman–Crippen LogP) is 1.77. The summed E-state index contributed by atoms with van der Waals surface area (Å²) in [6, 6.07) is 8.21. The van der Waals surface area contributed by atoms with Crippen LogP contribution in [0.5, 0.6) is 0 Å². The van der Waals surface area contributed by atoms with Gasteiger partial charge in [0.05, 0.1) is 17.6 Å². The summed E-state index contributed by atoms with van der Waals surface area (Å²) in [5.41, 5.74) is 2.23. The van der Waals surface area contributed by atoms with E-state index in [1.165, 1.54) is 11.9 Å². The van der Waals surface area contributed by atoms with E-state index in [9.17, 15) is 0 Å². The predicted molar refractivity (Wildman–Crippen MR) is 75.1 cm³/mol. The van der Waals surface area contributed by atoms with E-state index < -0.39 is 0 Å².